The lowest BCUT2D eigenvalue weighted by Crippen LogP contribution is -2.09. The number of nitrogens with zero attached hydrogens (tertiary/aromatic N) is 4. The van der Waals surface area contributed by atoms with Crippen LogP contribution in [-0.4, -0.2) is 25.1 Å². The molecule has 2 aromatic rings. The summed E-state index contributed by atoms with van der Waals surface area (Å²) in [5.74, 6) is 0. The van der Waals surface area contributed by atoms with Gasteiger partial charge in [0.2, 0.25) is 0 Å². The summed E-state index contributed by atoms with van der Waals surface area (Å²) in [6, 6.07) is 3.62. The number of hydrogen-bond donors (Lipinski definition) is 1. The van der Waals surface area contributed by atoms with Crippen LogP contribution in [0.15, 0.2) is 36.9 Å². The van der Waals surface area contributed by atoms with Crippen molar-refractivity contribution >= 4 is 0 Å². The molecule has 0 radical (unpaired) electrons. The van der Waals surface area contributed by atoms with Crippen LogP contribution in [0, 0.1) is 0 Å². The zero-order chi connectivity index (χ0) is 9.80. The average molecular weight is 190 g/mol. The van der Waals surface area contributed by atoms with E-state index in [0.29, 0.717) is 6.54 Å². The second-order valence-electron chi connectivity index (χ2n) is 2.93. The Labute approximate surface area is 81.0 Å². The van der Waals surface area contributed by atoms with Gasteiger partial charge in [0.1, 0.15) is 6.10 Å². The minimum Gasteiger partial charge on any atom is -0.386 e. The third kappa shape index (κ3) is 1.94. The highest BCUT2D eigenvalue weighted by molar-refractivity contribution is 5.11. The normalized spacial score (nSPS) is 12.6. The van der Waals surface area contributed by atoms with Crippen molar-refractivity contribution in [3.05, 3.63) is 42.5 Å². The van der Waals surface area contributed by atoms with Gasteiger partial charge in [-0.2, -0.15) is 0 Å². The lowest BCUT2D eigenvalue weighted by molar-refractivity contribution is 0.150. The highest BCUT2D eigenvalue weighted by atomic mass is 16.3. The van der Waals surface area contributed by atoms with Crippen molar-refractivity contribution < 1.29 is 5.11 Å². The molecule has 72 valence electrons. The predicted molar refractivity (Wildman–Crippen MR) is 49.2 cm³/mol. The van der Waals surface area contributed by atoms with Gasteiger partial charge < -0.3 is 5.11 Å². The van der Waals surface area contributed by atoms with Crippen molar-refractivity contribution in [3.63, 3.8) is 0 Å². The minimum absolute atomic E-state index is 0.395. The van der Waals surface area contributed by atoms with Gasteiger partial charge in [0.25, 0.3) is 0 Å². The van der Waals surface area contributed by atoms with Crippen molar-refractivity contribution in [2.24, 2.45) is 0 Å². The number of aromatic nitrogens is 4. The molecule has 0 saturated heterocycles. The first-order valence-electron chi connectivity index (χ1n) is 4.28. The van der Waals surface area contributed by atoms with Crippen LogP contribution in [0.4, 0.5) is 0 Å². The molecule has 0 aromatic carbocycles. The van der Waals surface area contributed by atoms with Gasteiger partial charge in [-0.1, -0.05) is 11.3 Å². The first-order chi connectivity index (χ1) is 6.86. The smallest absolute Gasteiger partial charge is 0.100 e. The molecule has 5 heteroatoms. The Morgan fingerprint density at radius 3 is 3.00 bits per heavy atom. The molecular formula is C9H10N4O. The van der Waals surface area contributed by atoms with E-state index >= 15 is 0 Å². The van der Waals surface area contributed by atoms with Gasteiger partial charge in [-0.15, -0.1) is 5.10 Å². The highest BCUT2D eigenvalue weighted by Gasteiger charge is 2.07. The second kappa shape index (κ2) is 3.97. The van der Waals surface area contributed by atoms with Crippen molar-refractivity contribution in [2.45, 2.75) is 12.6 Å². The Bertz CT molecular complexity index is 373. The number of rotatable bonds is 3. The van der Waals surface area contributed by atoms with E-state index in [1.807, 2.05) is 6.07 Å². The van der Waals surface area contributed by atoms with Gasteiger partial charge in [-0.3, -0.25) is 4.98 Å². The van der Waals surface area contributed by atoms with Gasteiger partial charge >= 0.3 is 0 Å². The molecule has 2 heterocycles. The van der Waals surface area contributed by atoms with Crippen molar-refractivity contribution in [2.75, 3.05) is 0 Å². The van der Waals surface area contributed by atoms with Crippen LogP contribution in [0.5, 0.6) is 0 Å². The van der Waals surface area contributed by atoms with E-state index in [1.165, 1.54) is 0 Å². The Kier molecular flexibility index (Phi) is 2.51. The van der Waals surface area contributed by atoms with Crippen LogP contribution in [0.25, 0.3) is 0 Å². The number of aliphatic hydroxyl groups excluding tert-OH is 1. The Balaban J connectivity index is 2.07. The van der Waals surface area contributed by atoms with Gasteiger partial charge in [-0.25, -0.2) is 4.68 Å². The van der Waals surface area contributed by atoms with Crippen LogP contribution < -0.4 is 0 Å². The summed E-state index contributed by atoms with van der Waals surface area (Å²) < 4.78 is 1.58. The van der Waals surface area contributed by atoms with E-state index in [2.05, 4.69) is 15.3 Å². The predicted octanol–water partition coefficient (Wildman–Crippen LogP) is 0.407. The standard InChI is InChI=1S/C9H10N4O/c14-9(7-13-5-4-11-12-13)8-2-1-3-10-6-8/h1-6,9,14H,7H2. The number of pyridine rings is 1. The summed E-state index contributed by atoms with van der Waals surface area (Å²) in [6.45, 7) is 0.395. The van der Waals surface area contributed by atoms with E-state index < -0.39 is 6.10 Å². The first kappa shape index (κ1) is 8.83. The Morgan fingerprint density at radius 1 is 1.43 bits per heavy atom. The molecule has 2 aromatic heterocycles. The lowest BCUT2D eigenvalue weighted by Gasteiger charge is -2.09. The largest absolute Gasteiger partial charge is 0.386 e. The Morgan fingerprint density at radius 2 is 2.36 bits per heavy atom. The summed E-state index contributed by atoms with van der Waals surface area (Å²) in [6.07, 6.45) is 6.01. The van der Waals surface area contributed by atoms with Crippen LogP contribution in [-0.2, 0) is 6.54 Å². The molecule has 0 bridgehead atoms. The van der Waals surface area contributed by atoms with Crippen LogP contribution in [0.3, 0.4) is 0 Å². The van der Waals surface area contributed by atoms with Gasteiger partial charge in [0, 0.05) is 24.2 Å². The molecule has 0 aliphatic heterocycles. The topological polar surface area (TPSA) is 63.8 Å². The third-order valence-corrected chi connectivity index (χ3v) is 1.90. The fraction of sp³-hybridized carbons (Fsp3) is 0.222. The quantitative estimate of drug-likeness (QED) is 0.761. The maximum absolute atomic E-state index is 9.76. The molecule has 0 aliphatic carbocycles. The molecular weight excluding hydrogens is 180 g/mol. The molecule has 0 spiro atoms. The molecule has 2 rings (SSSR count). The molecule has 0 saturated carbocycles. The fourth-order valence-corrected chi connectivity index (χ4v) is 1.19. The molecule has 0 aliphatic rings. The van der Waals surface area contributed by atoms with Crippen molar-refractivity contribution in [1.82, 2.24) is 20.0 Å². The minimum atomic E-state index is -0.592. The molecule has 0 amide bonds. The SMILES string of the molecule is OC(Cn1ccnn1)c1cccnc1. The first-order valence-corrected chi connectivity index (χ1v) is 4.28. The second-order valence-corrected chi connectivity index (χ2v) is 2.93. The van der Waals surface area contributed by atoms with Gasteiger partial charge in [-0.05, 0) is 6.07 Å². The zero-order valence-electron chi connectivity index (χ0n) is 7.48. The van der Waals surface area contributed by atoms with Crippen LogP contribution in [0.1, 0.15) is 11.7 Å². The summed E-state index contributed by atoms with van der Waals surface area (Å²) >= 11 is 0. The third-order valence-electron chi connectivity index (χ3n) is 1.90. The molecule has 5 nitrogen and oxygen atoms in total. The summed E-state index contributed by atoms with van der Waals surface area (Å²) in [5, 5.41) is 17.2. The van der Waals surface area contributed by atoms with E-state index in [9.17, 15) is 5.11 Å². The fourth-order valence-electron chi connectivity index (χ4n) is 1.19. The molecule has 1 N–H and O–H groups in total. The number of aliphatic hydroxyl groups is 1. The van der Waals surface area contributed by atoms with Crippen molar-refractivity contribution in [1.29, 1.82) is 0 Å². The van der Waals surface area contributed by atoms with E-state index in [0.717, 1.165) is 5.56 Å². The van der Waals surface area contributed by atoms with E-state index in [4.69, 9.17) is 0 Å². The molecule has 14 heavy (non-hydrogen) atoms. The maximum atomic E-state index is 9.76. The highest BCUT2D eigenvalue weighted by Crippen LogP contribution is 2.11. The summed E-state index contributed by atoms with van der Waals surface area (Å²) in [7, 11) is 0. The molecule has 0 fully saturated rings. The number of hydrogen-bond acceptors (Lipinski definition) is 4. The van der Waals surface area contributed by atoms with Crippen LogP contribution >= 0.6 is 0 Å². The summed E-state index contributed by atoms with van der Waals surface area (Å²) in [4.78, 5) is 3.93. The lowest BCUT2D eigenvalue weighted by atomic mass is 10.2. The molecule has 1 atom stereocenters. The van der Waals surface area contributed by atoms with Gasteiger partial charge in [0.15, 0.2) is 0 Å². The average Bonchev–Trinajstić information content (AvgIpc) is 2.72. The van der Waals surface area contributed by atoms with E-state index in [1.54, 1.807) is 35.5 Å². The molecule has 1 unspecified atom stereocenters. The van der Waals surface area contributed by atoms with E-state index in [-0.39, 0.29) is 0 Å². The van der Waals surface area contributed by atoms with Crippen molar-refractivity contribution in [3.8, 4) is 0 Å². The zero-order valence-corrected chi connectivity index (χ0v) is 7.48. The Hall–Kier alpha value is -1.75. The van der Waals surface area contributed by atoms with Crippen LogP contribution in [0.2, 0.25) is 0 Å². The van der Waals surface area contributed by atoms with Gasteiger partial charge in [0.05, 0.1) is 12.7 Å². The monoisotopic (exact) mass is 190 g/mol. The maximum Gasteiger partial charge on any atom is 0.100 e. The summed E-state index contributed by atoms with van der Waals surface area (Å²) in [5.41, 5.74) is 0.781.